The molecule has 1 N–H and O–H groups in total. The highest BCUT2D eigenvalue weighted by Crippen LogP contribution is 2.22. The van der Waals surface area contributed by atoms with E-state index in [1.807, 2.05) is 12.1 Å². The highest BCUT2D eigenvalue weighted by Gasteiger charge is 2.14. The number of hydrogen-bond acceptors (Lipinski definition) is 3. The van der Waals surface area contributed by atoms with Gasteiger partial charge in [0.25, 0.3) is 0 Å². The first-order valence-electron chi connectivity index (χ1n) is 5.33. The molecule has 0 spiro atoms. The van der Waals surface area contributed by atoms with E-state index in [0.717, 1.165) is 0 Å². The van der Waals surface area contributed by atoms with Gasteiger partial charge in [-0.3, -0.25) is 0 Å². The minimum absolute atomic E-state index is 0.0415. The second-order valence-electron chi connectivity index (χ2n) is 4.69. The quantitative estimate of drug-likeness (QED) is 0.797. The first-order valence-corrected chi connectivity index (χ1v) is 5.33. The summed E-state index contributed by atoms with van der Waals surface area (Å²) < 4.78 is 4.81. The van der Waals surface area contributed by atoms with Gasteiger partial charge in [-0.15, -0.1) is 0 Å². The molecule has 0 saturated heterocycles. The molecule has 16 heavy (non-hydrogen) atoms. The average Bonchev–Trinajstić information content (AvgIpc) is 2.25. The van der Waals surface area contributed by atoms with Crippen molar-refractivity contribution in [2.45, 2.75) is 26.2 Å². The van der Waals surface area contributed by atoms with E-state index in [1.165, 1.54) is 5.56 Å². The molecule has 0 aliphatic heterocycles. The van der Waals surface area contributed by atoms with Crippen LogP contribution in [0.15, 0.2) is 24.3 Å². The molecule has 0 amide bonds. The van der Waals surface area contributed by atoms with Crippen molar-refractivity contribution in [3.8, 4) is 0 Å². The van der Waals surface area contributed by atoms with Crippen LogP contribution in [0.4, 0.5) is 0 Å². The van der Waals surface area contributed by atoms with Crippen molar-refractivity contribution in [3.63, 3.8) is 0 Å². The maximum atomic E-state index is 11.4. The summed E-state index contributed by atoms with van der Waals surface area (Å²) in [5.74, 6) is -0.394. The number of rotatable bonds is 3. The first kappa shape index (κ1) is 12.7. The fourth-order valence-electron chi connectivity index (χ4n) is 1.33. The third kappa shape index (κ3) is 3.35. The van der Waals surface area contributed by atoms with Gasteiger partial charge in [0.1, 0.15) is 6.61 Å². The minimum Gasteiger partial charge on any atom is -0.460 e. The van der Waals surface area contributed by atoms with Gasteiger partial charge < -0.3 is 9.84 Å². The molecule has 3 heteroatoms. The lowest BCUT2D eigenvalue weighted by molar-refractivity contribution is 0.0433. The largest absolute Gasteiger partial charge is 0.460 e. The number of benzene rings is 1. The van der Waals surface area contributed by atoms with Crippen LogP contribution in [0.3, 0.4) is 0 Å². The molecule has 0 saturated carbocycles. The lowest BCUT2D eigenvalue weighted by Crippen LogP contribution is -2.12. The fraction of sp³-hybridized carbons (Fsp3) is 0.462. The molecule has 0 aliphatic rings. The maximum absolute atomic E-state index is 11.4. The summed E-state index contributed by atoms with van der Waals surface area (Å²) >= 11 is 0. The molecule has 3 nitrogen and oxygen atoms in total. The van der Waals surface area contributed by atoms with Crippen LogP contribution in [0, 0.1) is 0 Å². The molecule has 0 bridgehead atoms. The summed E-state index contributed by atoms with van der Waals surface area (Å²) in [5.41, 5.74) is 1.76. The van der Waals surface area contributed by atoms with Gasteiger partial charge in [-0.1, -0.05) is 32.9 Å². The van der Waals surface area contributed by atoms with Crippen molar-refractivity contribution >= 4 is 5.97 Å². The fourth-order valence-corrected chi connectivity index (χ4v) is 1.33. The van der Waals surface area contributed by atoms with Gasteiger partial charge in [0, 0.05) is 0 Å². The van der Waals surface area contributed by atoms with Gasteiger partial charge in [0.2, 0.25) is 0 Å². The van der Waals surface area contributed by atoms with Gasteiger partial charge >= 0.3 is 5.97 Å². The third-order valence-electron chi connectivity index (χ3n) is 2.31. The molecule has 0 aromatic heterocycles. The van der Waals surface area contributed by atoms with E-state index in [2.05, 4.69) is 20.8 Å². The standard InChI is InChI=1S/C13H18O3/c1-13(2,3)11-6-4-10(5-7-11)12(15)16-9-8-14/h4-7,14H,8-9H2,1-3H3. The van der Waals surface area contributed by atoms with Crippen LogP contribution in [0.5, 0.6) is 0 Å². The van der Waals surface area contributed by atoms with Crippen molar-refractivity contribution in [3.05, 3.63) is 35.4 Å². The van der Waals surface area contributed by atoms with Gasteiger partial charge in [-0.05, 0) is 23.1 Å². The predicted molar refractivity (Wildman–Crippen MR) is 62.5 cm³/mol. The zero-order chi connectivity index (χ0) is 12.2. The van der Waals surface area contributed by atoms with E-state index in [0.29, 0.717) is 5.56 Å². The summed E-state index contributed by atoms with van der Waals surface area (Å²) in [6.07, 6.45) is 0. The topological polar surface area (TPSA) is 46.5 Å². The number of esters is 1. The average molecular weight is 222 g/mol. The molecule has 1 aromatic carbocycles. The Bertz CT molecular complexity index is 346. The summed E-state index contributed by atoms with van der Waals surface area (Å²) in [4.78, 5) is 11.4. The second-order valence-corrected chi connectivity index (χ2v) is 4.69. The molecular weight excluding hydrogens is 204 g/mol. The van der Waals surface area contributed by atoms with E-state index in [-0.39, 0.29) is 18.6 Å². The van der Waals surface area contributed by atoms with Gasteiger partial charge in [0.15, 0.2) is 0 Å². The van der Waals surface area contributed by atoms with E-state index >= 15 is 0 Å². The van der Waals surface area contributed by atoms with Gasteiger partial charge in [-0.25, -0.2) is 4.79 Å². The van der Waals surface area contributed by atoms with Crippen LogP contribution >= 0.6 is 0 Å². The summed E-state index contributed by atoms with van der Waals surface area (Å²) in [5, 5.41) is 8.54. The Morgan fingerprint density at radius 2 is 1.81 bits per heavy atom. The van der Waals surface area contributed by atoms with Crippen LogP contribution in [0.2, 0.25) is 0 Å². The maximum Gasteiger partial charge on any atom is 0.338 e. The monoisotopic (exact) mass is 222 g/mol. The summed E-state index contributed by atoms with van der Waals surface area (Å²) in [6, 6.07) is 7.35. The Kier molecular flexibility index (Phi) is 4.07. The Labute approximate surface area is 96.1 Å². The highest BCUT2D eigenvalue weighted by atomic mass is 16.5. The Balaban J connectivity index is 2.75. The summed E-state index contributed by atoms with van der Waals surface area (Å²) in [6.45, 7) is 6.25. The molecular formula is C13H18O3. The van der Waals surface area contributed by atoms with Crippen molar-refractivity contribution in [2.75, 3.05) is 13.2 Å². The molecule has 0 atom stereocenters. The predicted octanol–water partition coefficient (Wildman–Crippen LogP) is 2.13. The number of hydrogen-bond donors (Lipinski definition) is 1. The third-order valence-corrected chi connectivity index (χ3v) is 2.31. The Morgan fingerprint density at radius 1 is 1.25 bits per heavy atom. The number of carbonyl (C=O) groups is 1. The zero-order valence-corrected chi connectivity index (χ0v) is 9.99. The van der Waals surface area contributed by atoms with Crippen molar-refractivity contribution in [1.29, 1.82) is 0 Å². The highest BCUT2D eigenvalue weighted by molar-refractivity contribution is 5.89. The van der Waals surface area contributed by atoms with Crippen LogP contribution < -0.4 is 0 Å². The van der Waals surface area contributed by atoms with E-state index < -0.39 is 5.97 Å². The van der Waals surface area contributed by atoms with Crippen LogP contribution in [0.1, 0.15) is 36.7 Å². The summed E-state index contributed by atoms with van der Waals surface area (Å²) in [7, 11) is 0. The first-order chi connectivity index (χ1) is 7.45. The van der Waals surface area contributed by atoms with Gasteiger partial charge in [-0.2, -0.15) is 0 Å². The van der Waals surface area contributed by atoms with Crippen molar-refractivity contribution < 1.29 is 14.6 Å². The molecule has 0 heterocycles. The minimum atomic E-state index is -0.394. The number of aliphatic hydroxyl groups excluding tert-OH is 1. The molecule has 0 unspecified atom stereocenters. The Hall–Kier alpha value is -1.35. The van der Waals surface area contributed by atoms with E-state index in [9.17, 15) is 4.79 Å². The zero-order valence-electron chi connectivity index (χ0n) is 9.99. The number of carbonyl (C=O) groups excluding carboxylic acids is 1. The molecule has 1 aromatic rings. The smallest absolute Gasteiger partial charge is 0.338 e. The van der Waals surface area contributed by atoms with Crippen LogP contribution in [0.25, 0.3) is 0 Å². The van der Waals surface area contributed by atoms with Crippen molar-refractivity contribution in [2.24, 2.45) is 0 Å². The molecule has 88 valence electrons. The second kappa shape index (κ2) is 5.12. The lowest BCUT2D eigenvalue weighted by atomic mass is 9.87. The van der Waals surface area contributed by atoms with Gasteiger partial charge in [0.05, 0.1) is 12.2 Å². The van der Waals surface area contributed by atoms with E-state index in [1.54, 1.807) is 12.1 Å². The number of aliphatic hydroxyl groups is 1. The normalized spacial score (nSPS) is 11.2. The Morgan fingerprint density at radius 3 is 2.25 bits per heavy atom. The van der Waals surface area contributed by atoms with E-state index in [4.69, 9.17) is 9.84 Å². The van der Waals surface area contributed by atoms with Crippen molar-refractivity contribution in [1.82, 2.24) is 0 Å². The molecule has 0 aliphatic carbocycles. The SMILES string of the molecule is CC(C)(C)c1ccc(C(=O)OCCO)cc1. The number of ether oxygens (including phenoxy) is 1. The molecule has 0 radical (unpaired) electrons. The van der Waals surface area contributed by atoms with Crippen LogP contribution in [-0.2, 0) is 10.2 Å². The van der Waals surface area contributed by atoms with Crippen LogP contribution in [-0.4, -0.2) is 24.3 Å². The molecule has 0 fully saturated rings. The lowest BCUT2D eigenvalue weighted by Gasteiger charge is -2.18. The molecule has 1 rings (SSSR count).